The molecule has 0 aliphatic carbocycles. The molecule has 0 radical (unpaired) electrons. The number of carbonyl (C=O) groups excluding carboxylic acids is 1. The summed E-state index contributed by atoms with van der Waals surface area (Å²) >= 11 is 0. The second-order valence-electron chi connectivity index (χ2n) is 2.96. The molecule has 0 saturated carbocycles. The molecule has 0 spiro atoms. The van der Waals surface area contributed by atoms with Crippen LogP contribution in [0.3, 0.4) is 0 Å². The van der Waals surface area contributed by atoms with E-state index in [2.05, 4.69) is 10.2 Å². The summed E-state index contributed by atoms with van der Waals surface area (Å²) in [7, 11) is 0. The number of benzene rings is 1. The van der Waals surface area contributed by atoms with Crippen LogP contribution in [0.5, 0.6) is 0 Å². The Morgan fingerprint density at radius 1 is 1.33 bits per heavy atom. The molecule has 2 aromatic rings. The molecule has 0 amide bonds. The standard InChI is InChI=1S/C11H7N3O/c12-6-10-9(7-15)11(14-13-10)8-4-2-1-3-5-8/h1-5,7H,(H,13,14). The van der Waals surface area contributed by atoms with Gasteiger partial charge in [0.25, 0.3) is 0 Å². The van der Waals surface area contributed by atoms with Crippen molar-refractivity contribution in [3.8, 4) is 17.3 Å². The Kier molecular flexibility index (Phi) is 2.30. The van der Waals surface area contributed by atoms with Gasteiger partial charge in [-0.3, -0.25) is 9.89 Å². The molecule has 0 unspecified atom stereocenters. The van der Waals surface area contributed by atoms with Crippen LogP contribution in [-0.4, -0.2) is 16.5 Å². The van der Waals surface area contributed by atoms with Crippen molar-refractivity contribution in [2.75, 3.05) is 0 Å². The average molecular weight is 197 g/mol. The van der Waals surface area contributed by atoms with Crippen molar-refractivity contribution in [3.63, 3.8) is 0 Å². The monoisotopic (exact) mass is 197 g/mol. The Balaban J connectivity index is 2.60. The molecule has 4 heteroatoms. The predicted molar refractivity (Wildman–Crippen MR) is 54.1 cm³/mol. The third-order valence-electron chi connectivity index (χ3n) is 2.09. The Morgan fingerprint density at radius 2 is 2.07 bits per heavy atom. The first-order valence-electron chi connectivity index (χ1n) is 4.36. The molecule has 0 saturated heterocycles. The SMILES string of the molecule is N#Cc1n[nH]c(-c2ccccc2)c1C=O. The van der Waals surface area contributed by atoms with Crippen LogP contribution in [0, 0.1) is 11.3 Å². The van der Waals surface area contributed by atoms with Crippen LogP contribution in [0.1, 0.15) is 16.1 Å². The van der Waals surface area contributed by atoms with Crippen molar-refractivity contribution >= 4 is 6.29 Å². The summed E-state index contributed by atoms with van der Waals surface area (Å²) in [4.78, 5) is 10.8. The second-order valence-corrected chi connectivity index (χ2v) is 2.96. The number of aldehydes is 1. The van der Waals surface area contributed by atoms with Crippen LogP contribution < -0.4 is 0 Å². The quantitative estimate of drug-likeness (QED) is 0.746. The molecule has 1 aromatic heterocycles. The Morgan fingerprint density at radius 3 is 2.67 bits per heavy atom. The molecular formula is C11H7N3O. The van der Waals surface area contributed by atoms with E-state index < -0.39 is 0 Å². The fourth-order valence-electron chi connectivity index (χ4n) is 1.38. The summed E-state index contributed by atoms with van der Waals surface area (Å²) in [5.74, 6) is 0. The van der Waals surface area contributed by atoms with Crippen molar-refractivity contribution < 1.29 is 4.79 Å². The van der Waals surface area contributed by atoms with Crippen molar-refractivity contribution in [2.45, 2.75) is 0 Å². The van der Waals surface area contributed by atoms with Gasteiger partial charge in [0.1, 0.15) is 6.07 Å². The topological polar surface area (TPSA) is 69.5 Å². The fraction of sp³-hybridized carbons (Fsp3) is 0. The van der Waals surface area contributed by atoms with Gasteiger partial charge in [-0.25, -0.2) is 0 Å². The molecule has 15 heavy (non-hydrogen) atoms. The first-order chi connectivity index (χ1) is 7.36. The smallest absolute Gasteiger partial charge is 0.173 e. The summed E-state index contributed by atoms with van der Waals surface area (Å²) in [5.41, 5.74) is 1.86. The number of carbonyl (C=O) groups is 1. The molecule has 0 bridgehead atoms. The zero-order valence-electron chi connectivity index (χ0n) is 7.77. The van der Waals surface area contributed by atoms with Gasteiger partial charge in [-0.15, -0.1) is 0 Å². The summed E-state index contributed by atoms with van der Waals surface area (Å²) in [6.45, 7) is 0. The summed E-state index contributed by atoms with van der Waals surface area (Å²) in [6, 6.07) is 11.2. The Bertz CT molecular complexity index is 523. The molecule has 1 heterocycles. The maximum atomic E-state index is 10.8. The fourth-order valence-corrected chi connectivity index (χ4v) is 1.38. The highest BCUT2D eigenvalue weighted by Crippen LogP contribution is 2.21. The summed E-state index contributed by atoms with van der Waals surface area (Å²) < 4.78 is 0. The number of nitrogens with one attached hydrogen (secondary N) is 1. The van der Waals surface area contributed by atoms with Crippen LogP contribution in [0.15, 0.2) is 30.3 Å². The van der Waals surface area contributed by atoms with E-state index in [9.17, 15) is 4.79 Å². The van der Waals surface area contributed by atoms with Crippen LogP contribution in [0.4, 0.5) is 0 Å². The number of rotatable bonds is 2. The van der Waals surface area contributed by atoms with Gasteiger partial charge in [-0.1, -0.05) is 30.3 Å². The van der Waals surface area contributed by atoms with Crippen LogP contribution in [0.25, 0.3) is 11.3 Å². The van der Waals surface area contributed by atoms with Gasteiger partial charge < -0.3 is 0 Å². The van der Waals surface area contributed by atoms with E-state index in [0.29, 0.717) is 17.5 Å². The number of aromatic amines is 1. The summed E-state index contributed by atoms with van der Waals surface area (Å²) in [5, 5.41) is 15.2. The molecular weight excluding hydrogens is 190 g/mol. The zero-order valence-corrected chi connectivity index (χ0v) is 7.77. The van der Waals surface area contributed by atoms with Crippen molar-refractivity contribution in [2.24, 2.45) is 0 Å². The Labute approximate surface area is 86.2 Å². The summed E-state index contributed by atoms with van der Waals surface area (Å²) in [6.07, 6.45) is 0.643. The third kappa shape index (κ3) is 1.51. The molecule has 72 valence electrons. The van der Waals surface area contributed by atoms with E-state index in [1.807, 2.05) is 36.4 Å². The molecule has 4 nitrogen and oxygen atoms in total. The van der Waals surface area contributed by atoms with Gasteiger partial charge >= 0.3 is 0 Å². The molecule has 0 aliphatic rings. The van der Waals surface area contributed by atoms with Gasteiger partial charge in [0, 0.05) is 5.56 Å². The van der Waals surface area contributed by atoms with Gasteiger partial charge in [-0.2, -0.15) is 10.4 Å². The Hall–Kier alpha value is -2.41. The molecule has 0 aliphatic heterocycles. The minimum atomic E-state index is 0.129. The van der Waals surface area contributed by atoms with Gasteiger partial charge in [0.05, 0.1) is 11.3 Å². The van der Waals surface area contributed by atoms with Crippen molar-refractivity contribution in [3.05, 3.63) is 41.6 Å². The first kappa shape index (κ1) is 9.16. The normalized spacial score (nSPS) is 9.53. The predicted octanol–water partition coefficient (Wildman–Crippen LogP) is 1.76. The van der Waals surface area contributed by atoms with E-state index in [1.54, 1.807) is 0 Å². The minimum absolute atomic E-state index is 0.129. The lowest BCUT2D eigenvalue weighted by molar-refractivity contribution is 0.112. The van der Waals surface area contributed by atoms with Crippen LogP contribution in [0.2, 0.25) is 0 Å². The number of hydrogen-bond acceptors (Lipinski definition) is 3. The molecule has 0 atom stereocenters. The molecule has 1 aromatic carbocycles. The highest BCUT2D eigenvalue weighted by Gasteiger charge is 2.12. The number of aromatic nitrogens is 2. The molecule has 2 rings (SSSR count). The maximum absolute atomic E-state index is 10.8. The first-order valence-corrected chi connectivity index (χ1v) is 4.36. The van der Waals surface area contributed by atoms with Gasteiger partial charge in [0.2, 0.25) is 0 Å². The largest absolute Gasteiger partial charge is 0.298 e. The van der Waals surface area contributed by atoms with E-state index in [1.165, 1.54) is 0 Å². The van der Waals surface area contributed by atoms with Crippen molar-refractivity contribution in [1.82, 2.24) is 10.2 Å². The second kappa shape index (κ2) is 3.76. The average Bonchev–Trinajstić information content (AvgIpc) is 2.72. The lowest BCUT2D eigenvalue weighted by atomic mass is 10.1. The number of hydrogen-bond donors (Lipinski definition) is 1. The van der Waals surface area contributed by atoms with Crippen LogP contribution in [-0.2, 0) is 0 Å². The lowest BCUT2D eigenvalue weighted by Crippen LogP contribution is -1.86. The van der Waals surface area contributed by atoms with Gasteiger partial charge in [-0.05, 0) is 0 Å². The maximum Gasteiger partial charge on any atom is 0.173 e. The van der Waals surface area contributed by atoms with E-state index in [-0.39, 0.29) is 5.69 Å². The van der Waals surface area contributed by atoms with E-state index in [0.717, 1.165) is 5.56 Å². The van der Waals surface area contributed by atoms with Gasteiger partial charge in [0.15, 0.2) is 12.0 Å². The highest BCUT2D eigenvalue weighted by atomic mass is 16.1. The van der Waals surface area contributed by atoms with E-state index in [4.69, 9.17) is 5.26 Å². The minimum Gasteiger partial charge on any atom is -0.298 e. The highest BCUT2D eigenvalue weighted by molar-refractivity contribution is 5.88. The van der Waals surface area contributed by atoms with Crippen molar-refractivity contribution in [1.29, 1.82) is 5.26 Å². The van der Waals surface area contributed by atoms with Crippen LogP contribution >= 0.6 is 0 Å². The number of nitrogens with zero attached hydrogens (tertiary/aromatic N) is 2. The van der Waals surface area contributed by atoms with E-state index >= 15 is 0 Å². The number of H-pyrrole nitrogens is 1. The third-order valence-corrected chi connectivity index (χ3v) is 2.09. The zero-order chi connectivity index (χ0) is 10.7. The molecule has 1 N–H and O–H groups in total. The number of nitriles is 1. The molecule has 0 fully saturated rings. The lowest BCUT2D eigenvalue weighted by Gasteiger charge is -1.96.